The van der Waals surface area contributed by atoms with Gasteiger partial charge in [0.2, 0.25) is 11.8 Å². The van der Waals surface area contributed by atoms with Crippen LogP contribution < -0.4 is 5.32 Å². The number of aryl methyl sites for hydroxylation is 1. The Morgan fingerprint density at radius 1 is 1.12 bits per heavy atom. The zero-order chi connectivity index (χ0) is 18.7. The van der Waals surface area contributed by atoms with Gasteiger partial charge in [0.05, 0.1) is 12.1 Å². The van der Waals surface area contributed by atoms with Gasteiger partial charge in [-0.3, -0.25) is 4.79 Å². The van der Waals surface area contributed by atoms with E-state index in [0.29, 0.717) is 5.89 Å². The zero-order valence-electron chi connectivity index (χ0n) is 13.7. The molecule has 1 heterocycles. The molecule has 1 amide bonds. The van der Waals surface area contributed by atoms with Gasteiger partial charge in [-0.25, -0.2) is 0 Å². The predicted octanol–water partition coefficient (Wildman–Crippen LogP) is 3.99. The monoisotopic (exact) mass is 361 g/mol. The number of amides is 1. The van der Waals surface area contributed by atoms with Crippen molar-refractivity contribution in [3.63, 3.8) is 0 Å². The number of nitrogens with one attached hydrogen (secondary N) is 1. The quantitative estimate of drug-likeness (QED) is 0.763. The molecule has 0 radical (unpaired) electrons. The van der Waals surface area contributed by atoms with Crippen molar-refractivity contribution in [3.05, 3.63) is 71.1 Å². The summed E-state index contributed by atoms with van der Waals surface area (Å²) in [7, 11) is 0. The van der Waals surface area contributed by atoms with Crippen LogP contribution in [0.25, 0.3) is 11.5 Å². The molecule has 134 valence electrons. The van der Waals surface area contributed by atoms with E-state index < -0.39 is 17.6 Å². The Bertz CT molecular complexity index is 918. The molecule has 0 fully saturated rings. The van der Waals surface area contributed by atoms with E-state index in [1.807, 2.05) is 31.2 Å². The fourth-order valence-corrected chi connectivity index (χ4v) is 2.29. The number of hydrogen-bond donors (Lipinski definition) is 1. The highest BCUT2D eigenvalue weighted by Crippen LogP contribution is 2.29. The van der Waals surface area contributed by atoms with E-state index in [-0.39, 0.29) is 18.0 Å². The van der Waals surface area contributed by atoms with Gasteiger partial charge >= 0.3 is 6.18 Å². The van der Waals surface area contributed by atoms with E-state index in [1.54, 1.807) is 0 Å². The second-order valence-corrected chi connectivity index (χ2v) is 5.63. The summed E-state index contributed by atoms with van der Waals surface area (Å²) in [5, 5.41) is 10.3. The van der Waals surface area contributed by atoms with Gasteiger partial charge in [0, 0.05) is 11.1 Å². The topological polar surface area (TPSA) is 68.0 Å². The number of nitrogens with zero attached hydrogens (tertiary/aromatic N) is 2. The standard InChI is InChI=1S/C18H14F3N3O2/c1-11-3-2-4-13(9-11)17-24-23-15(26-17)10-22-16(25)12-5-7-14(8-6-12)18(19,20)21/h2-9H,10H2,1H3,(H,22,25). The van der Waals surface area contributed by atoms with Crippen LogP contribution in [0, 0.1) is 6.92 Å². The number of carbonyl (C=O) groups is 1. The van der Waals surface area contributed by atoms with Crippen LogP contribution in [0.3, 0.4) is 0 Å². The van der Waals surface area contributed by atoms with Crippen molar-refractivity contribution in [2.75, 3.05) is 0 Å². The third-order valence-electron chi connectivity index (χ3n) is 3.61. The number of aromatic nitrogens is 2. The van der Waals surface area contributed by atoms with Gasteiger partial charge in [0.15, 0.2) is 0 Å². The molecule has 3 aromatic rings. The molecular weight excluding hydrogens is 347 g/mol. The van der Waals surface area contributed by atoms with Crippen LogP contribution in [0.15, 0.2) is 52.9 Å². The number of halogens is 3. The number of carbonyl (C=O) groups excluding carboxylic acids is 1. The van der Waals surface area contributed by atoms with E-state index in [9.17, 15) is 18.0 Å². The molecule has 0 bridgehead atoms. The van der Waals surface area contributed by atoms with Crippen molar-refractivity contribution in [3.8, 4) is 11.5 Å². The first kappa shape index (κ1) is 17.7. The van der Waals surface area contributed by atoms with Crippen molar-refractivity contribution in [1.29, 1.82) is 0 Å². The molecule has 1 N–H and O–H groups in total. The Kier molecular flexibility index (Phi) is 4.75. The molecule has 0 aliphatic carbocycles. The zero-order valence-corrected chi connectivity index (χ0v) is 13.7. The SMILES string of the molecule is Cc1cccc(-c2nnc(CNC(=O)c3ccc(C(F)(F)F)cc3)o2)c1. The van der Waals surface area contributed by atoms with Crippen LogP contribution in [0.1, 0.15) is 27.4 Å². The van der Waals surface area contributed by atoms with Crippen LogP contribution in [-0.4, -0.2) is 16.1 Å². The molecule has 0 saturated carbocycles. The van der Waals surface area contributed by atoms with Gasteiger partial charge in [0.25, 0.3) is 5.91 Å². The van der Waals surface area contributed by atoms with Crippen LogP contribution >= 0.6 is 0 Å². The summed E-state index contributed by atoms with van der Waals surface area (Å²) in [5.74, 6) is -0.0109. The van der Waals surface area contributed by atoms with E-state index >= 15 is 0 Å². The van der Waals surface area contributed by atoms with Gasteiger partial charge < -0.3 is 9.73 Å². The minimum Gasteiger partial charge on any atom is -0.419 e. The summed E-state index contributed by atoms with van der Waals surface area (Å²) in [6.07, 6.45) is -4.44. The number of benzene rings is 2. The molecule has 3 rings (SSSR count). The van der Waals surface area contributed by atoms with Crippen LogP contribution in [-0.2, 0) is 12.7 Å². The molecule has 0 aliphatic rings. The maximum Gasteiger partial charge on any atom is 0.416 e. The Labute approximate surface area is 146 Å². The highest BCUT2D eigenvalue weighted by molar-refractivity contribution is 5.94. The normalized spacial score (nSPS) is 11.4. The molecule has 8 heteroatoms. The molecule has 0 spiro atoms. The summed E-state index contributed by atoms with van der Waals surface area (Å²) >= 11 is 0. The lowest BCUT2D eigenvalue weighted by atomic mass is 10.1. The largest absolute Gasteiger partial charge is 0.419 e. The first-order valence-corrected chi connectivity index (χ1v) is 7.68. The number of rotatable bonds is 4. The van der Waals surface area contributed by atoms with E-state index in [1.165, 1.54) is 0 Å². The average molecular weight is 361 g/mol. The minimum atomic E-state index is -4.44. The van der Waals surface area contributed by atoms with Gasteiger partial charge in [0.1, 0.15) is 0 Å². The van der Waals surface area contributed by atoms with Gasteiger partial charge in [-0.1, -0.05) is 17.7 Å². The smallest absolute Gasteiger partial charge is 0.416 e. The van der Waals surface area contributed by atoms with Gasteiger partial charge in [-0.15, -0.1) is 10.2 Å². The fraction of sp³-hybridized carbons (Fsp3) is 0.167. The molecule has 0 aliphatic heterocycles. The lowest BCUT2D eigenvalue weighted by Gasteiger charge is -2.07. The van der Waals surface area contributed by atoms with Crippen LogP contribution in [0.2, 0.25) is 0 Å². The number of hydrogen-bond acceptors (Lipinski definition) is 4. The summed E-state index contributed by atoms with van der Waals surface area (Å²) in [5.41, 5.74) is 1.10. The van der Waals surface area contributed by atoms with Crippen molar-refractivity contribution < 1.29 is 22.4 Å². The maximum atomic E-state index is 12.5. The molecule has 0 atom stereocenters. The maximum absolute atomic E-state index is 12.5. The van der Waals surface area contributed by atoms with Gasteiger partial charge in [-0.2, -0.15) is 13.2 Å². The lowest BCUT2D eigenvalue weighted by molar-refractivity contribution is -0.137. The van der Waals surface area contributed by atoms with E-state index in [2.05, 4.69) is 15.5 Å². The van der Waals surface area contributed by atoms with E-state index in [4.69, 9.17) is 4.42 Å². The fourth-order valence-electron chi connectivity index (χ4n) is 2.29. The number of alkyl halides is 3. The Balaban J connectivity index is 1.63. The highest BCUT2D eigenvalue weighted by atomic mass is 19.4. The molecule has 1 aromatic heterocycles. The molecule has 0 unspecified atom stereocenters. The molecule has 0 saturated heterocycles. The van der Waals surface area contributed by atoms with Crippen molar-refractivity contribution in [1.82, 2.24) is 15.5 Å². The third kappa shape index (κ3) is 4.08. The summed E-state index contributed by atoms with van der Waals surface area (Å²) in [6.45, 7) is 1.91. The Hall–Kier alpha value is -3.16. The van der Waals surface area contributed by atoms with Gasteiger partial charge in [-0.05, 0) is 43.3 Å². The molecule has 2 aromatic carbocycles. The first-order valence-electron chi connectivity index (χ1n) is 7.68. The third-order valence-corrected chi connectivity index (χ3v) is 3.61. The predicted molar refractivity (Wildman–Crippen MR) is 87.1 cm³/mol. The molecular formula is C18H14F3N3O2. The summed E-state index contributed by atoms with van der Waals surface area (Å²) in [6, 6.07) is 11.5. The second kappa shape index (κ2) is 6.99. The summed E-state index contributed by atoms with van der Waals surface area (Å²) in [4.78, 5) is 12.0. The average Bonchev–Trinajstić information content (AvgIpc) is 3.08. The highest BCUT2D eigenvalue weighted by Gasteiger charge is 2.30. The lowest BCUT2D eigenvalue weighted by Crippen LogP contribution is -2.23. The summed E-state index contributed by atoms with van der Waals surface area (Å²) < 4.78 is 43.1. The van der Waals surface area contributed by atoms with Crippen LogP contribution in [0.5, 0.6) is 0 Å². The minimum absolute atomic E-state index is 0.0291. The van der Waals surface area contributed by atoms with Crippen molar-refractivity contribution >= 4 is 5.91 Å². The van der Waals surface area contributed by atoms with Crippen LogP contribution in [0.4, 0.5) is 13.2 Å². The molecule has 5 nitrogen and oxygen atoms in total. The Morgan fingerprint density at radius 2 is 1.85 bits per heavy atom. The van der Waals surface area contributed by atoms with Crippen molar-refractivity contribution in [2.45, 2.75) is 19.6 Å². The molecule has 26 heavy (non-hydrogen) atoms. The van der Waals surface area contributed by atoms with Crippen molar-refractivity contribution in [2.24, 2.45) is 0 Å². The Morgan fingerprint density at radius 3 is 2.50 bits per heavy atom. The second-order valence-electron chi connectivity index (χ2n) is 5.63. The first-order chi connectivity index (χ1) is 12.3. The van der Waals surface area contributed by atoms with E-state index in [0.717, 1.165) is 35.4 Å².